The quantitative estimate of drug-likeness (QED) is 0.451. The van der Waals surface area contributed by atoms with E-state index in [0.29, 0.717) is 12.2 Å². The third kappa shape index (κ3) is 7.58. The van der Waals surface area contributed by atoms with E-state index in [0.717, 1.165) is 53.9 Å². The van der Waals surface area contributed by atoms with Crippen LogP contribution in [0.25, 0.3) is 0 Å². The van der Waals surface area contributed by atoms with Crippen LogP contribution in [0.4, 0.5) is 10.1 Å². The molecule has 1 fully saturated rings. The van der Waals surface area contributed by atoms with Gasteiger partial charge in [-0.3, -0.25) is 13.9 Å². The largest absolute Gasteiger partial charge is 0.497 e. The first-order valence-electron chi connectivity index (χ1n) is 12.2. The molecule has 0 unspecified atom stereocenters. The summed E-state index contributed by atoms with van der Waals surface area (Å²) in [6.07, 6.45) is 5.15. The maximum atomic E-state index is 13.7. The number of rotatable bonds is 11. The average molecular weight is 554 g/mol. The highest BCUT2D eigenvalue weighted by atomic mass is 35.5. The Kier molecular flexibility index (Phi) is 9.78. The summed E-state index contributed by atoms with van der Waals surface area (Å²) in [6, 6.07) is 9.77. The number of nitrogens with one attached hydrogen (secondary N) is 1. The van der Waals surface area contributed by atoms with Crippen LogP contribution in [0.5, 0.6) is 5.75 Å². The molecule has 1 saturated carbocycles. The monoisotopic (exact) mass is 553 g/mol. The predicted molar refractivity (Wildman–Crippen MR) is 142 cm³/mol. The second-order valence-corrected chi connectivity index (χ2v) is 11.5. The number of ether oxygens (including phenoxy) is 1. The first-order valence-corrected chi connectivity index (χ1v) is 14.4. The Balaban J connectivity index is 1.93. The number of hydrogen-bond acceptors (Lipinski definition) is 5. The van der Waals surface area contributed by atoms with E-state index >= 15 is 0 Å². The molecule has 8 nitrogen and oxygen atoms in total. The summed E-state index contributed by atoms with van der Waals surface area (Å²) in [4.78, 5) is 28.4. The molecule has 0 aliphatic heterocycles. The molecule has 0 radical (unpaired) electrons. The molecule has 0 saturated heterocycles. The summed E-state index contributed by atoms with van der Waals surface area (Å²) in [5.41, 5.74) is 0.798. The van der Waals surface area contributed by atoms with E-state index in [1.165, 1.54) is 11.0 Å². The molecule has 2 aromatic carbocycles. The van der Waals surface area contributed by atoms with Gasteiger partial charge in [0.1, 0.15) is 24.2 Å². The summed E-state index contributed by atoms with van der Waals surface area (Å²) in [7, 11) is -2.39. The predicted octanol–water partition coefficient (Wildman–Crippen LogP) is 4.12. The van der Waals surface area contributed by atoms with Crippen LogP contribution in [0, 0.1) is 5.82 Å². The van der Waals surface area contributed by atoms with Gasteiger partial charge in [-0.25, -0.2) is 12.8 Å². The van der Waals surface area contributed by atoms with Gasteiger partial charge in [-0.05, 0) is 55.2 Å². The molecule has 1 atom stereocenters. The van der Waals surface area contributed by atoms with Crippen molar-refractivity contribution in [3.63, 3.8) is 0 Å². The van der Waals surface area contributed by atoms with Gasteiger partial charge in [0.15, 0.2) is 0 Å². The van der Waals surface area contributed by atoms with Gasteiger partial charge in [-0.2, -0.15) is 0 Å². The Bertz CT molecular complexity index is 1200. The van der Waals surface area contributed by atoms with Gasteiger partial charge in [0.2, 0.25) is 21.8 Å². The molecule has 1 N–H and O–H groups in total. The van der Waals surface area contributed by atoms with Crippen LogP contribution in [0.15, 0.2) is 42.5 Å². The Morgan fingerprint density at radius 1 is 1.16 bits per heavy atom. The number of methoxy groups -OCH3 is 1. The SMILES string of the molecule is CC[C@@H](C(=O)NC1CCCC1)N(Cc1ccc(OC)cc1)C(=O)CN(c1ccc(F)c(Cl)c1)S(C)(=O)=O. The summed E-state index contributed by atoms with van der Waals surface area (Å²) in [6.45, 7) is 1.31. The van der Waals surface area contributed by atoms with E-state index in [2.05, 4.69) is 5.32 Å². The van der Waals surface area contributed by atoms with Gasteiger partial charge in [0.05, 0.1) is 24.1 Å². The molecular weight excluding hydrogens is 521 g/mol. The number of carbonyl (C=O) groups is 2. The van der Waals surface area contributed by atoms with Crippen molar-refractivity contribution in [3.05, 3.63) is 58.9 Å². The number of nitrogens with zero attached hydrogens (tertiary/aromatic N) is 2. The van der Waals surface area contributed by atoms with Crippen LogP contribution in [-0.4, -0.2) is 57.1 Å². The summed E-state index contributed by atoms with van der Waals surface area (Å²) < 4.78 is 45.1. The standard InChI is InChI=1S/C26H33ClFN3O5S/c1-4-24(26(33)29-19-7-5-6-8-19)30(16-18-9-12-21(36-2)13-10-18)25(32)17-31(37(3,34)35)20-11-14-23(28)22(27)15-20/h9-15,19,24H,4-8,16-17H2,1-3H3,(H,29,33)/t24-/m0/s1. The highest BCUT2D eigenvalue weighted by Gasteiger charge is 2.33. The van der Waals surface area contributed by atoms with E-state index in [1.807, 2.05) is 0 Å². The molecule has 0 bridgehead atoms. The molecule has 1 aliphatic carbocycles. The maximum absolute atomic E-state index is 13.7. The minimum atomic E-state index is -3.94. The Morgan fingerprint density at radius 3 is 2.35 bits per heavy atom. The number of anilines is 1. The number of benzene rings is 2. The average Bonchev–Trinajstić information content (AvgIpc) is 3.36. The van der Waals surface area contributed by atoms with Crippen LogP contribution in [-0.2, 0) is 26.2 Å². The lowest BCUT2D eigenvalue weighted by Crippen LogP contribution is -2.53. The summed E-state index contributed by atoms with van der Waals surface area (Å²) >= 11 is 5.88. The maximum Gasteiger partial charge on any atom is 0.244 e. The molecule has 1 aliphatic rings. The topological polar surface area (TPSA) is 96.0 Å². The minimum Gasteiger partial charge on any atom is -0.497 e. The molecule has 2 aromatic rings. The normalized spacial score (nSPS) is 14.7. The lowest BCUT2D eigenvalue weighted by Gasteiger charge is -2.33. The molecule has 0 spiro atoms. The van der Waals surface area contributed by atoms with E-state index in [4.69, 9.17) is 16.3 Å². The molecule has 0 aromatic heterocycles. The number of halogens is 2. The fourth-order valence-electron chi connectivity index (χ4n) is 4.47. The van der Waals surface area contributed by atoms with Crippen LogP contribution < -0.4 is 14.4 Å². The summed E-state index contributed by atoms with van der Waals surface area (Å²) in [5.74, 6) is -0.910. The molecule has 0 heterocycles. The Hall–Kier alpha value is -2.85. The fraction of sp³-hybridized carbons (Fsp3) is 0.462. The van der Waals surface area contributed by atoms with E-state index in [1.54, 1.807) is 38.3 Å². The molecule has 3 rings (SSSR count). The van der Waals surface area contributed by atoms with Gasteiger partial charge in [0.25, 0.3) is 0 Å². The highest BCUT2D eigenvalue weighted by Crippen LogP contribution is 2.26. The highest BCUT2D eigenvalue weighted by molar-refractivity contribution is 7.92. The third-order valence-electron chi connectivity index (χ3n) is 6.47. The van der Waals surface area contributed by atoms with Crippen molar-refractivity contribution < 1.29 is 27.1 Å². The van der Waals surface area contributed by atoms with Crippen molar-refractivity contribution in [2.24, 2.45) is 0 Å². The molecule has 11 heteroatoms. The van der Waals surface area contributed by atoms with Crippen molar-refractivity contribution in [2.75, 3.05) is 24.2 Å². The number of sulfonamides is 1. The fourth-order valence-corrected chi connectivity index (χ4v) is 5.48. The van der Waals surface area contributed by atoms with E-state index in [9.17, 15) is 22.4 Å². The van der Waals surface area contributed by atoms with Crippen LogP contribution in [0.3, 0.4) is 0 Å². The zero-order chi connectivity index (χ0) is 27.2. The Labute approximate surface area is 222 Å². The van der Waals surface area contributed by atoms with Gasteiger partial charge < -0.3 is 15.0 Å². The number of amides is 2. The first-order chi connectivity index (χ1) is 17.5. The van der Waals surface area contributed by atoms with Crippen molar-refractivity contribution in [1.82, 2.24) is 10.2 Å². The first kappa shape index (κ1) is 28.7. The van der Waals surface area contributed by atoms with Crippen LogP contribution in [0.2, 0.25) is 5.02 Å². The second-order valence-electron chi connectivity index (χ2n) is 9.15. The van der Waals surface area contributed by atoms with Gasteiger partial charge in [-0.1, -0.05) is 43.5 Å². The van der Waals surface area contributed by atoms with Crippen molar-refractivity contribution >= 4 is 39.1 Å². The smallest absolute Gasteiger partial charge is 0.244 e. The van der Waals surface area contributed by atoms with E-state index in [-0.39, 0.29) is 29.2 Å². The molecule has 2 amide bonds. The third-order valence-corrected chi connectivity index (χ3v) is 7.90. The van der Waals surface area contributed by atoms with Crippen molar-refractivity contribution in [3.8, 4) is 5.75 Å². The van der Waals surface area contributed by atoms with Crippen LogP contribution in [0.1, 0.15) is 44.6 Å². The second kappa shape index (κ2) is 12.6. The Morgan fingerprint density at radius 2 is 1.81 bits per heavy atom. The van der Waals surface area contributed by atoms with Crippen molar-refractivity contribution in [2.45, 2.75) is 57.7 Å². The van der Waals surface area contributed by atoms with Gasteiger partial charge >= 0.3 is 0 Å². The van der Waals surface area contributed by atoms with Gasteiger partial charge in [-0.15, -0.1) is 0 Å². The molecule has 37 heavy (non-hydrogen) atoms. The zero-order valence-corrected chi connectivity index (χ0v) is 22.8. The molecule has 202 valence electrons. The number of hydrogen-bond donors (Lipinski definition) is 1. The van der Waals surface area contributed by atoms with Gasteiger partial charge in [0, 0.05) is 12.6 Å². The molecular formula is C26H33ClFN3O5S. The van der Waals surface area contributed by atoms with Crippen LogP contribution >= 0.6 is 11.6 Å². The lowest BCUT2D eigenvalue weighted by atomic mass is 10.1. The minimum absolute atomic E-state index is 0.0510. The lowest BCUT2D eigenvalue weighted by molar-refractivity contribution is -0.140. The summed E-state index contributed by atoms with van der Waals surface area (Å²) in [5, 5.41) is 2.79. The van der Waals surface area contributed by atoms with Crippen molar-refractivity contribution in [1.29, 1.82) is 0 Å². The number of carbonyl (C=O) groups excluding carboxylic acids is 2. The zero-order valence-electron chi connectivity index (χ0n) is 21.2. The van der Waals surface area contributed by atoms with E-state index < -0.39 is 34.3 Å².